The molecular formula is C12H20N4O8. The molecule has 0 heterocycles. The van der Waals surface area contributed by atoms with Crippen molar-refractivity contribution in [1.82, 2.24) is 10.6 Å². The maximum atomic E-state index is 11.9. The fraction of sp³-hybridized carbons (Fsp3) is 0.583. The minimum absolute atomic E-state index is 0.385. The number of amides is 3. The van der Waals surface area contributed by atoms with Crippen LogP contribution in [-0.2, 0) is 24.0 Å². The summed E-state index contributed by atoms with van der Waals surface area (Å²) in [6, 6.07) is -4.38. The maximum absolute atomic E-state index is 11.9. The minimum atomic E-state index is -1.52. The maximum Gasteiger partial charge on any atom is 0.326 e. The lowest BCUT2D eigenvalue weighted by Gasteiger charge is -2.21. The second-order valence-electron chi connectivity index (χ2n) is 4.85. The first-order chi connectivity index (χ1) is 11.1. The predicted molar refractivity (Wildman–Crippen MR) is 77.2 cm³/mol. The lowest BCUT2D eigenvalue weighted by Crippen LogP contribution is -2.56. The van der Waals surface area contributed by atoms with Gasteiger partial charge in [0.25, 0.3) is 0 Å². The molecule has 0 radical (unpaired) electrons. The highest BCUT2D eigenvalue weighted by atomic mass is 16.4. The number of carboxylic acids is 2. The van der Waals surface area contributed by atoms with Crippen molar-refractivity contribution in [2.45, 2.75) is 37.4 Å². The average molecular weight is 348 g/mol. The van der Waals surface area contributed by atoms with Gasteiger partial charge in [0.05, 0.1) is 19.1 Å². The SMILES string of the molecule is NC(=O)C[C@H](N)C(=O)N[C@@H](CO)C(=O)N[C@@H](CCC(=O)O)C(=O)O. The summed E-state index contributed by atoms with van der Waals surface area (Å²) in [5, 5.41) is 30.6. The van der Waals surface area contributed by atoms with Gasteiger partial charge in [0.2, 0.25) is 17.7 Å². The molecule has 0 unspecified atom stereocenters. The number of rotatable bonds is 11. The van der Waals surface area contributed by atoms with Gasteiger partial charge >= 0.3 is 11.9 Å². The number of carbonyl (C=O) groups is 5. The lowest BCUT2D eigenvalue weighted by molar-refractivity contribution is -0.143. The number of primary amides is 1. The molecule has 0 aliphatic heterocycles. The Morgan fingerprint density at radius 2 is 1.50 bits per heavy atom. The van der Waals surface area contributed by atoms with Crippen molar-refractivity contribution < 1.29 is 39.3 Å². The third kappa shape index (κ3) is 8.05. The molecule has 0 saturated heterocycles. The van der Waals surface area contributed by atoms with Crippen molar-refractivity contribution in [3.05, 3.63) is 0 Å². The van der Waals surface area contributed by atoms with Crippen LogP contribution in [-0.4, -0.2) is 69.7 Å². The highest BCUT2D eigenvalue weighted by molar-refractivity contribution is 5.93. The fourth-order valence-corrected chi connectivity index (χ4v) is 1.58. The van der Waals surface area contributed by atoms with E-state index in [4.69, 9.17) is 26.8 Å². The molecule has 3 atom stereocenters. The van der Waals surface area contributed by atoms with Crippen LogP contribution in [0.25, 0.3) is 0 Å². The molecule has 0 aromatic heterocycles. The molecule has 12 heteroatoms. The first-order valence-corrected chi connectivity index (χ1v) is 6.78. The molecule has 9 N–H and O–H groups in total. The molecule has 0 aromatic rings. The van der Waals surface area contributed by atoms with Crippen LogP contribution in [0.5, 0.6) is 0 Å². The smallest absolute Gasteiger partial charge is 0.326 e. The van der Waals surface area contributed by atoms with Crippen LogP contribution in [0.4, 0.5) is 0 Å². The number of aliphatic hydroxyl groups is 1. The van der Waals surface area contributed by atoms with E-state index in [0.29, 0.717) is 0 Å². The second kappa shape index (κ2) is 10.1. The molecule has 24 heavy (non-hydrogen) atoms. The zero-order valence-corrected chi connectivity index (χ0v) is 12.6. The van der Waals surface area contributed by atoms with E-state index in [-0.39, 0.29) is 6.42 Å². The van der Waals surface area contributed by atoms with E-state index < -0.39 is 67.2 Å². The number of aliphatic hydroxyl groups excluding tert-OH is 1. The van der Waals surface area contributed by atoms with Gasteiger partial charge in [-0.1, -0.05) is 0 Å². The van der Waals surface area contributed by atoms with Crippen molar-refractivity contribution in [2.75, 3.05) is 6.61 Å². The zero-order valence-electron chi connectivity index (χ0n) is 12.6. The molecule has 0 fully saturated rings. The van der Waals surface area contributed by atoms with E-state index in [0.717, 1.165) is 0 Å². The summed E-state index contributed by atoms with van der Waals surface area (Å²) in [5.41, 5.74) is 10.2. The molecule has 0 aromatic carbocycles. The molecule has 136 valence electrons. The molecular weight excluding hydrogens is 328 g/mol. The van der Waals surface area contributed by atoms with Crippen LogP contribution >= 0.6 is 0 Å². The Labute approximate surface area is 136 Å². The van der Waals surface area contributed by atoms with Gasteiger partial charge in [-0.25, -0.2) is 4.79 Å². The highest BCUT2D eigenvalue weighted by Gasteiger charge is 2.28. The number of carbonyl (C=O) groups excluding carboxylic acids is 3. The Morgan fingerprint density at radius 3 is 1.92 bits per heavy atom. The Kier molecular flexibility index (Phi) is 8.97. The van der Waals surface area contributed by atoms with Crippen molar-refractivity contribution >= 4 is 29.7 Å². The first kappa shape index (κ1) is 21.3. The van der Waals surface area contributed by atoms with Gasteiger partial charge in [-0.3, -0.25) is 19.2 Å². The number of hydrogen-bond donors (Lipinski definition) is 7. The Hall–Kier alpha value is -2.73. The first-order valence-electron chi connectivity index (χ1n) is 6.78. The van der Waals surface area contributed by atoms with Crippen molar-refractivity contribution in [3.63, 3.8) is 0 Å². The number of nitrogens with two attached hydrogens (primary N) is 2. The second-order valence-corrected chi connectivity index (χ2v) is 4.85. The summed E-state index contributed by atoms with van der Waals surface area (Å²) in [4.78, 5) is 55.7. The molecule has 12 nitrogen and oxygen atoms in total. The van der Waals surface area contributed by atoms with E-state index >= 15 is 0 Å². The Balaban J connectivity index is 4.76. The van der Waals surface area contributed by atoms with Crippen LogP contribution in [0.3, 0.4) is 0 Å². The molecule has 0 bridgehead atoms. The number of carboxylic acid groups (broad SMARTS) is 2. The van der Waals surface area contributed by atoms with Crippen LogP contribution in [0, 0.1) is 0 Å². The summed E-state index contributed by atoms with van der Waals surface area (Å²) < 4.78 is 0. The summed E-state index contributed by atoms with van der Waals surface area (Å²) in [7, 11) is 0. The van der Waals surface area contributed by atoms with Gasteiger partial charge in [0, 0.05) is 6.42 Å². The third-order valence-corrected chi connectivity index (χ3v) is 2.83. The lowest BCUT2D eigenvalue weighted by atomic mass is 10.1. The monoisotopic (exact) mass is 348 g/mol. The Bertz CT molecular complexity index is 509. The molecule has 3 amide bonds. The van der Waals surface area contributed by atoms with E-state index in [1.165, 1.54) is 0 Å². The van der Waals surface area contributed by atoms with Crippen LogP contribution in [0.15, 0.2) is 0 Å². The fourth-order valence-electron chi connectivity index (χ4n) is 1.58. The zero-order chi connectivity index (χ0) is 18.9. The van der Waals surface area contributed by atoms with Gasteiger partial charge in [0.15, 0.2) is 0 Å². The molecule has 0 aliphatic carbocycles. The van der Waals surface area contributed by atoms with Gasteiger partial charge < -0.3 is 37.4 Å². The summed E-state index contributed by atoms with van der Waals surface area (Å²) in [6.45, 7) is -0.869. The molecule has 0 spiro atoms. The van der Waals surface area contributed by atoms with Gasteiger partial charge in [0.1, 0.15) is 12.1 Å². The quantitative estimate of drug-likeness (QED) is 0.193. The number of hydrogen-bond acceptors (Lipinski definition) is 7. The highest BCUT2D eigenvalue weighted by Crippen LogP contribution is 1.99. The minimum Gasteiger partial charge on any atom is -0.481 e. The van der Waals surface area contributed by atoms with Crippen LogP contribution < -0.4 is 22.1 Å². The van der Waals surface area contributed by atoms with Crippen LogP contribution in [0.1, 0.15) is 19.3 Å². The van der Waals surface area contributed by atoms with Gasteiger partial charge in [-0.05, 0) is 6.42 Å². The number of nitrogens with one attached hydrogen (secondary N) is 2. The van der Waals surface area contributed by atoms with Crippen LogP contribution in [0.2, 0.25) is 0 Å². The standard InChI is InChI=1S/C12H20N4O8/c13-5(3-8(14)18)10(21)16-7(4-17)11(22)15-6(12(23)24)1-2-9(19)20/h5-7,17H,1-4,13H2,(H2,14,18)(H,15,22)(H,16,21)(H,19,20)(H,23,24)/t5-,6-,7-/m0/s1. The largest absolute Gasteiger partial charge is 0.481 e. The summed E-state index contributed by atoms with van der Waals surface area (Å²) >= 11 is 0. The van der Waals surface area contributed by atoms with E-state index in [9.17, 15) is 24.0 Å². The molecule has 0 aliphatic rings. The van der Waals surface area contributed by atoms with Gasteiger partial charge in [-0.15, -0.1) is 0 Å². The summed E-state index contributed by atoms with van der Waals surface area (Å²) in [6.07, 6.45) is -1.37. The molecule has 0 rings (SSSR count). The average Bonchev–Trinajstić information content (AvgIpc) is 2.47. The van der Waals surface area contributed by atoms with E-state index in [2.05, 4.69) is 0 Å². The molecule has 0 saturated carbocycles. The van der Waals surface area contributed by atoms with E-state index in [1.54, 1.807) is 0 Å². The van der Waals surface area contributed by atoms with Gasteiger partial charge in [-0.2, -0.15) is 0 Å². The normalized spacial score (nSPS) is 14.1. The predicted octanol–water partition coefficient (Wildman–Crippen LogP) is -3.90. The van der Waals surface area contributed by atoms with Crippen molar-refractivity contribution in [2.24, 2.45) is 11.5 Å². The third-order valence-electron chi connectivity index (χ3n) is 2.83. The summed E-state index contributed by atoms with van der Waals surface area (Å²) in [5.74, 6) is -5.56. The van der Waals surface area contributed by atoms with Crippen molar-refractivity contribution in [1.29, 1.82) is 0 Å². The Morgan fingerprint density at radius 1 is 0.958 bits per heavy atom. The van der Waals surface area contributed by atoms with Crippen molar-refractivity contribution in [3.8, 4) is 0 Å². The van der Waals surface area contributed by atoms with E-state index in [1.807, 2.05) is 10.6 Å². The topological polar surface area (TPSA) is 222 Å². The number of aliphatic carboxylic acids is 2.